The van der Waals surface area contributed by atoms with Gasteiger partial charge >= 0.3 is 0 Å². The molecular weight excluding hydrogens is 250 g/mol. The number of benzene rings is 2. The first-order chi connectivity index (χ1) is 9.77. The van der Waals surface area contributed by atoms with Crippen LogP contribution in [0.5, 0.6) is 0 Å². The molecule has 0 spiro atoms. The van der Waals surface area contributed by atoms with E-state index >= 15 is 0 Å². The van der Waals surface area contributed by atoms with Crippen LogP contribution in [0, 0.1) is 5.21 Å². The minimum absolute atomic E-state index is 0.119. The SMILES string of the molecule is NC1=[N+](\[O-])c2ccccc2/C(c2ccccc2)=N/C=C\1. The van der Waals surface area contributed by atoms with E-state index in [2.05, 4.69) is 4.99 Å². The van der Waals surface area contributed by atoms with Crippen molar-refractivity contribution >= 4 is 17.2 Å². The molecule has 0 fully saturated rings. The van der Waals surface area contributed by atoms with Crippen LogP contribution in [0.3, 0.4) is 0 Å². The lowest BCUT2D eigenvalue weighted by molar-refractivity contribution is -0.361. The number of amidine groups is 1. The Hall–Kier alpha value is -2.88. The zero-order valence-electron chi connectivity index (χ0n) is 10.7. The zero-order chi connectivity index (χ0) is 13.9. The number of nitrogens with two attached hydrogens (primary N) is 1. The molecule has 4 heteroatoms. The highest BCUT2D eigenvalue weighted by atomic mass is 16.5. The van der Waals surface area contributed by atoms with Gasteiger partial charge in [0.2, 0.25) is 0 Å². The van der Waals surface area contributed by atoms with Gasteiger partial charge in [0.05, 0.1) is 5.71 Å². The molecule has 0 saturated carbocycles. The third-order valence-electron chi connectivity index (χ3n) is 3.11. The van der Waals surface area contributed by atoms with Crippen molar-refractivity contribution in [3.05, 3.63) is 83.2 Å². The summed E-state index contributed by atoms with van der Waals surface area (Å²) in [7, 11) is 0. The molecule has 20 heavy (non-hydrogen) atoms. The summed E-state index contributed by atoms with van der Waals surface area (Å²) in [5, 5.41) is 12.2. The minimum atomic E-state index is 0.119. The Morgan fingerprint density at radius 3 is 2.45 bits per heavy atom. The highest BCUT2D eigenvalue weighted by Crippen LogP contribution is 2.23. The third kappa shape index (κ3) is 2.07. The zero-order valence-corrected chi connectivity index (χ0v) is 10.7. The molecule has 2 N–H and O–H groups in total. The second kappa shape index (κ2) is 5.01. The molecule has 3 rings (SSSR count). The molecule has 0 atom stereocenters. The van der Waals surface area contributed by atoms with Crippen LogP contribution < -0.4 is 5.73 Å². The average molecular weight is 263 g/mol. The van der Waals surface area contributed by atoms with Crippen molar-refractivity contribution in [1.29, 1.82) is 0 Å². The van der Waals surface area contributed by atoms with Crippen molar-refractivity contribution < 1.29 is 4.74 Å². The van der Waals surface area contributed by atoms with E-state index in [4.69, 9.17) is 5.73 Å². The molecule has 0 radical (unpaired) electrons. The summed E-state index contributed by atoms with van der Waals surface area (Å²) < 4.78 is 0.726. The molecule has 0 amide bonds. The van der Waals surface area contributed by atoms with E-state index < -0.39 is 0 Å². The number of para-hydroxylation sites is 1. The average Bonchev–Trinajstić information content (AvgIpc) is 2.50. The van der Waals surface area contributed by atoms with Gasteiger partial charge in [-0.3, -0.25) is 10.7 Å². The quantitative estimate of drug-likeness (QED) is 0.634. The lowest BCUT2D eigenvalue weighted by atomic mass is 10.0. The third-order valence-corrected chi connectivity index (χ3v) is 3.11. The Morgan fingerprint density at radius 1 is 0.950 bits per heavy atom. The summed E-state index contributed by atoms with van der Waals surface area (Å²) in [6.45, 7) is 0. The lowest BCUT2D eigenvalue weighted by Crippen LogP contribution is -2.21. The minimum Gasteiger partial charge on any atom is -0.710 e. The van der Waals surface area contributed by atoms with E-state index in [1.165, 1.54) is 6.08 Å². The number of hydrogen-bond donors (Lipinski definition) is 1. The summed E-state index contributed by atoms with van der Waals surface area (Å²) in [4.78, 5) is 4.45. The summed E-state index contributed by atoms with van der Waals surface area (Å²) in [5.41, 5.74) is 8.69. The second-order valence-electron chi connectivity index (χ2n) is 4.40. The molecule has 0 aliphatic carbocycles. The van der Waals surface area contributed by atoms with E-state index in [1.807, 2.05) is 48.5 Å². The van der Waals surface area contributed by atoms with Crippen molar-refractivity contribution in [3.8, 4) is 0 Å². The summed E-state index contributed by atoms with van der Waals surface area (Å²) >= 11 is 0. The van der Waals surface area contributed by atoms with Crippen molar-refractivity contribution in [2.75, 3.05) is 0 Å². The molecule has 0 aromatic heterocycles. The molecule has 0 unspecified atom stereocenters. The van der Waals surface area contributed by atoms with E-state index in [0.717, 1.165) is 21.6 Å². The fraction of sp³-hybridized carbons (Fsp3) is 0. The predicted molar refractivity (Wildman–Crippen MR) is 80.1 cm³/mol. The number of hydrogen-bond acceptors (Lipinski definition) is 3. The van der Waals surface area contributed by atoms with Crippen LogP contribution in [0.25, 0.3) is 0 Å². The Labute approximate surface area is 116 Å². The molecule has 1 heterocycles. The predicted octanol–water partition coefficient (Wildman–Crippen LogP) is 2.55. The van der Waals surface area contributed by atoms with Crippen LogP contribution in [0.2, 0.25) is 0 Å². The fourth-order valence-electron chi connectivity index (χ4n) is 2.14. The molecule has 0 saturated heterocycles. The summed E-state index contributed by atoms with van der Waals surface area (Å²) in [6, 6.07) is 17.1. The standard InChI is InChI=1S/C16H13N3O/c17-15-10-11-18-16(12-6-2-1-3-7-12)13-8-4-5-9-14(13)19(15)20/h1-11H,17H2/b11-10-,15-10?,16-13?,18-11?,18-16+. The smallest absolute Gasteiger partial charge is 0.277 e. The Kier molecular flexibility index (Phi) is 3.05. The molecular formula is C16H13N3O. The van der Waals surface area contributed by atoms with Gasteiger partial charge in [-0.1, -0.05) is 42.5 Å². The van der Waals surface area contributed by atoms with E-state index in [1.54, 1.807) is 12.3 Å². The maximum absolute atomic E-state index is 12.2. The van der Waals surface area contributed by atoms with Gasteiger partial charge < -0.3 is 5.21 Å². The molecule has 0 bridgehead atoms. The Balaban J connectivity index is 2.26. The highest BCUT2D eigenvalue weighted by molar-refractivity contribution is 6.15. The van der Waals surface area contributed by atoms with Gasteiger partial charge in [-0.05, 0) is 12.1 Å². The maximum Gasteiger partial charge on any atom is 0.277 e. The topological polar surface area (TPSA) is 64.5 Å². The van der Waals surface area contributed by atoms with Crippen molar-refractivity contribution in [1.82, 2.24) is 0 Å². The molecule has 1 aliphatic rings. The molecule has 1 aliphatic heterocycles. The van der Waals surface area contributed by atoms with Gasteiger partial charge in [-0.2, -0.15) is 0 Å². The van der Waals surface area contributed by atoms with Crippen LogP contribution >= 0.6 is 0 Å². The monoisotopic (exact) mass is 263 g/mol. The number of rotatable bonds is 1. The molecule has 2 aromatic carbocycles. The van der Waals surface area contributed by atoms with Crippen LogP contribution in [0.4, 0.5) is 5.69 Å². The van der Waals surface area contributed by atoms with E-state index in [0.29, 0.717) is 5.69 Å². The Bertz CT molecular complexity index is 730. The van der Waals surface area contributed by atoms with Crippen LogP contribution in [-0.2, 0) is 0 Å². The van der Waals surface area contributed by atoms with Gasteiger partial charge in [0.25, 0.3) is 5.84 Å². The first-order valence-electron chi connectivity index (χ1n) is 6.26. The number of fused-ring (bicyclic) bond motifs is 1. The van der Waals surface area contributed by atoms with E-state index in [9.17, 15) is 5.21 Å². The first kappa shape index (κ1) is 12.2. The van der Waals surface area contributed by atoms with Gasteiger partial charge in [0, 0.05) is 23.4 Å². The summed E-state index contributed by atoms with van der Waals surface area (Å²) in [6.07, 6.45) is 3.06. The lowest BCUT2D eigenvalue weighted by Gasteiger charge is -2.17. The number of aliphatic imine (C=N–C) groups is 1. The first-order valence-corrected chi connectivity index (χ1v) is 6.26. The summed E-state index contributed by atoms with van der Waals surface area (Å²) in [5.74, 6) is 0.119. The second-order valence-corrected chi connectivity index (χ2v) is 4.40. The Morgan fingerprint density at radius 2 is 1.65 bits per heavy atom. The van der Waals surface area contributed by atoms with Crippen LogP contribution in [0.15, 0.2) is 71.9 Å². The van der Waals surface area contributed by atoms with Gasteiger partial charge in [-0.15, -0.1) is 0 Å². The van der Waals surface area contributed by atoms with Crippen LogP contribution in [-0.4, -0.2) is 16.3 Å². The molecule has 98 valence electrons. The number of nitrogens with zero attached hydrogens (tertiary/aromatic N) is 2. The van der Waals surface area contributed by atoms with E-state index in [-0.39, 0.29) is 5.84 Å². The van der Waals surface area contributed by atoms with Crippen molar-refractivity contribution in [2.24, 2.45) is 10.7 Å². The highest BCUT2D eigenvalue weighted by Gasteiger charge is 2.16. The van der Waals surface area contributed by atoms with Gasteiger partial charge in [-0.25, -0.2) is 4.74 Å². The largest absolute Gasteiger partial charge is 0.710 e. The van der Waals surface area contributed by atoms with Crippen molar-refractivity contribution in [2.45, 2.75) is 0 Å². The fourth-order valence-corrected chi connectivity index (χ4v) is 2.14. The van der Waals surface area contributed by atoms with Gasteiger partial charge in [0.1, 0.15) is 5.69 Å². The maximum atomic E-state index is 12.2. The van der Waals surface area contributed by atoms with Gasteiger partial charge in [0.15, 0.2) is 0 Å². The van der Waals surface area contributed by atoms with Crippen molar-refractivity contribution in [3.63, 3.8) is 0 Å². The molecule has 4 nitrogen and oxygen atoms in total. The molecule has 2 aromatic rings. The normalized spacial score (nSPS) is 22.1. The van der Waals surface area contributed by atoms with Crippen LogP contribution in [0.1, 0.15) is 11.1 Å².